The Kier molecular flexibility index (Phi) is 6.48. The van der Waals surface area contributed by atoms with Crippen molar-refractivity contribution in [2.45, 2.75) is 24.7 Å². The van der Waals surface area contributed by atoms with Gasteiger partial charge in [-0.1, -0.05) is 29.8 Å². The van der Waals surface area contributed by atoms with E-state index in [-0.39, 0.29) is 17.0 Å². The Morgan fingerprint density at radius 1 is 1.00 bits per heavy atom. The van der Waals surface area contributed by atoms with Crippen molar-refractivity contribution in [1.29, 1.82) is 0 Å². The number of amides is 1. The van der Waals surface area contributed by atoms with Crippen LogP contribution in [0.4, 0.5) is 11.4 Å². The van der Waals surface area contributed by atoms with Crippen molar-refractivity contribution >= 4 is 44.9 Å². The summed E-state index contributed by atoms with van der Waals surface area (Å²) < 4.78 is 28.2. The predicted octanol–water partition coefficient (Wildman–Crippen LogP) is 4.05. The molecule has 1 aliphatic rings. The fourth-order valence-corrected chi connectivity index (χ4v) is 4.76. The minimum absolute atomic E-state index is 0.00794. The highest BCUT2D eigenvalue weighted by Gasteiger charge is 2.34. The maximum atomic E-state index is 12.8. The summed E-state index contributed by atoms with van der Waals surface area (Å²) in [7, 11) is -3.91. The van der Waals surface area contributed by atoms with E-state index in [1.54, 1.807) is 55.5 Å². The van der Waals surface area contributed by atoms with E-state index in [2.05, 4.69) is 10.0 Å². The summed E-state index contributed by atoms with van der Waals surface area (Å²) in [4.78, 5) is 24.1. The van der Waals surface area contributed by atoms with E-state index in [0.717, 1.165) is 0 Å². The first-order valence-electron chi connectivity index (χ1n) is 9.25. The molecule has 0 fully saturated rings. The average molecular weight is 449 g/mol. The molecule has 0 saturated carbocycles. The third-order valence-corrected chi connectivity index (χ3v) is 6.70. The quantitative estimate of drug-likeness (QED) is 0.577. The van der Waals surface area contributed by atoms with Crippen LogP contribution in [-0.4, -0.2) is 25.4 Å². The zero-order valence-corrected chi connectivity index (χ0v) is 17.7. The van der Waals surface area contributed by atoms with Crippen LogP contribution in [0.25, 0.3) is 0 Å². The second kappa shape index (κ2) is 8.89. The normalized spacial score (nSPS) is 18.6. The second-order valence-electron chi connectivity index (χ2n) is 7.08. The number of halogens is 1. The van der Waals surface area contributed by atoms with Crippen LogP contribution in [0.3, 0.4) is 0 Å². The molecule has 2 aromatic carbocycles. The summed E-state index contributed by atoms with van der Waals surface area (Å²) in [5, 5.41) is 12.5. The van der Waals surface area contributed by atoms with Gasteiger partial charge in [0.15, 0.2) is 0 Å². The van der Waals surface area contributed by atoms with Gasteiger partial charge in [0.2, 0.25) is 5.91 Å². The molecule has 158 valence electrons. The third-order valence-electron chi connectivity index (χ3n) is 4.93. The number of hydrogen-bond acceptors (Lipinski definition) is 4. The van der Waals surface area contributed by atoms with E-state index in [0.29, 0.717) is 22.7 Å². The van der Waals surface area contributed by atoms with Crippen LogP contribution in [0.2, 0.25) is 5.02 Å². The van der Waals surface area contributed by atoms with Crippen molar-refractivity contribution < 1.29 is 23.1 Å². The molecule has 30 heavy (non-hydrogen) atoms. The number of anilines is 2. The number of aryl methyl sites for hydroxylation is 1. The van der Waals surface area contributed by atoms with E-state index in [1.165, 1.54) is 6.07 Å². The Balaban J connectivity index is 1.82. The fourth-order valence-electron chi connectivity index (χ4n) is 3.31. The third kappa shape index (κ3) is 5.01. The van der Waals surface area contributed by atoms with Crippen molar-refractivity contribution in [3.63, 3.8) is 0 Å². The van der Waals surface area contributed by atoms with Gasteiger partial charge in [0.1, 0.15) is 0 Å². The molecule has 0 radical (unpaired) electrons. The van der Waals surface area contributed by atoms with Crippen molar-refractivity contribution in [1.82, 2.24) is 0 Å². The van der Waals surface area contributed by atoms with Gasteiger partial charge in [0.25, 0.3) is 10.0 Å². The largest absolute Gasteiger partial charge is 0.481 e. The highest BCUT2D eigenvalue weighted by molar-refractivity contribution is 7.92. The molecule has 1 amide bonds. The lowest BCUT2D eigenvalue weighted by Gasteiger charge is -2.24. The highest BCUT2D eigenvalue weighted by Crippen LogP contribution is 2.28. The maximum absolute atomic E-state index is 12.8. The first kappa shape index (κ1) is 21.9. The molecule has 0 bridgehead atoms. The molecule has 7 nitrogen and oxygen atoms in total. The minimum Gasteiger partial charge on any atom is -0.481 e. The van der Waals surface area contributed by atoms with Gasteiger partial charge in [-0.2, -0.15) is 0 Å². The SMILES string of the molecule is Cc1ccc(NC(=O)[C@@H]2CC=CC[C@@H]2C(=O)O)cc1S(=O)(=O)Nc1ccc(Cl)cc1. The van der Waals surface area contributed by atoms with Crippen molar-refractivity contribution in [2.75, 3.05) is 10.0 Å². The van der Waals surface area contributed by atoms with E-state index in [1.807, 2.05) is 0 Å². The van der Waals surface area contributed by atoms with Crippen LogP contribution in [0.5, 0.6) is 0 Å². The van der Waals surface area contributed by atoms with Crippen molar-refractivity contribution in [3.05, 3.63) is 65.2 Å². The van der Waals surface area contributed by atoms with E-state index >= 15 is 0 Å². The standard InChI is InChI=1S/C21H21ClN2O5S/c1-13-6-9-16(23-20(25)17-4-2-3-5-18(17)21(26)27)12-19(13)30(28,29)24-15-10-7-14(22)8-11-15/h2-3,6-12,17-18,24H,4-5H2,1H3,(H,23,25)(H,26,27)/t17-,18+/m1/s1. The number of aliphatic carboxylic acids is 1. The molecule has 2 aromatic rings. The van der Waals surface area contributed by atoms with Gasteiger partial charge < -0.3 is 10.4 Å². The van der Waals surface area contributed by atoms with E-state index in [4.69, 9.17) is 11.6 Å². The molecule has 2 atom stereocenters. The Hall–Kier alpha value is -2.84. The molecule has 0 aromatic heterocycles. The zero-order valence-electron chi connectivity index (χ0n) is 16.1. The Bertz CT molecular complexity index is 1100. The molecular formula is C21H21ClN2O5S. The lowest BCUT2D eigenvalue weighted by molar-refractivity contribution is -0.146. The van der Waals surface area contributed by atoms with Crippen LogP contribution in [-0.2, 0) is 19.6 Å². The number of carbonyl (C=O) groups excluding carboxylic acids is 1. The summed E-state index contributed by atoms with van der Waals surface area (Å²) in [6.45, 7) is 1.65. The highest BCUT2D eigenvalue weighted by atomic mass is 35.5. The Morgan fingerprint density at radius 3 is 2.23 bits per heavy atom. The van der Waals surface area contributed by atoms with E-state index in [9.17, 15) is 23.1 Å². The smallest absolute Gasteiger partial charge is 0.307 e. The molecular weight excluding hydrogens is 428 g/mol. The predicted molar refractivity (Wildman–Crippen MR) is 115 cm³/mol. The van der Waals surface area contributed by atoms with Gasteiger partial charge >= 0.3 is 5.97 Å². The number of carboxylic acid groups (broad SMARTS) is 1. The average Bonchev–Trinajstić information content (AvgIpc) is 2.70. The molecule has 0 spiro atoms. The zero-order chi connectivity index (χ0) is 21.9. The second-order valence-corrected chi connectivity index (χ2v) is 9.16. The van der Waals surface area contributed by atoms with Gasteiger partial charge in [-0.25, -0.2) is 8.42 Å². The van der Waals surface area contributed by atoms with Crippen molar-refractivity contribution in [2.24, 2.45) is 11.8 Å². The molecule has 1 aliphatic carbocycles. The molecule has 3 rings (SSSR count). The van der Waals surface area contributed by atoms with Gasteiger partial charge in [0.05, 0.1) is 16.7 Å². The van der Waals surface area contributed by atoms with Crippen LogP contribution in [0, 0.1) is 18.8 Å². The van der Waals surface area contributed by atoms with Gasteiger partial charge in [-0.15, -0.1) is 0 Å². The van der Waals surface area contributed by atoms with Gasteiger partial charge in [-0.3, -0.25) is 14.3 Å². The molecule has 0 aliphatic heterocycles. The van der Waals surface area contributed by atoms with Crippen LogP contribution in [0.1, 0.15) is 18.4 Å². The van der Waals surface area contributed by atoms with Gasteiger partial charge in [0, 0.05) is 16.4 Å². The summed E-state index contributed by atoms with van der Waals surface area (Å²) >= 11 is 5.83. The summed E-state index contributed by atoms with van der Waals surface area (Å²) in [6, 6.07) is 10.8. The number of carbonyl (C=O) groups is 2. The minimum atomic E-state index is -3.91. The monoisotopic (exact) mass is 448 g/mol. The Labute approximate surface area is 179 Å². The molecule has 0 heterocycles. The number of rotatable bonds is 6. The van der Waals surface area contributed by atoms with Crippen LogP contribution >= 0.6 is 11.6 Å². The summed E-state index contributed by atoms with van der Waals surface area (Å²) in [5.74, 6) is -3.01. The number of hydrogen-bond donors (Lipinski definition) is 3. The van der Waals surface area contributed by atoms with Crippen LogP contribution in [0.15, 0.2) is 59.5 Å². The lowest BCUT2D eigenvalue weighted by Crippen LogP contribution is -2.34. The number of benzene rings is 2. The van der Waals surface area contributed by atoms with E-state index < -0.39 is 33.7 Å². The fraction of sp³-hybridized carbons (Fsp3) is 0.238. The van der Waals surface area contributed by atoms with Gasteiger partial charge in [-0.05, 0) is 61.7 Å². The summed E-state index contributed by atoms with van der Waals surface area (Å²) in [5.41, 5.74) is 1.13. The topological polar surface area (TPSA) is 113 Å². The summed E-state index contributed by atoms with van der Waals surface area (Å²) in [6.07, 6.45) is 4.14. The maximum Gasteiger partial charge on any atom is 0.307 e. The molecule has 9 heteroatoms. The van der Waals surface area contributed by atoms with Crippen molar-refractivity contribution in [3.8, 4) is 0 Å². The molecule has 0 unspecified atom stereocenters. The first-order chi connectivity index (χ1) is 14.2. The molecule has 0 saturated heterocycles. The lowest BCUT2D eigenvalue weighted by atomic mass is 9.82. The number of sulfonamides is 1. The van der Waals surface area contributed by atoms with Crippen LogP contribution < -0.4 is 10.0 Å². The number of nitrogens with one attached hydrogen (secondary N) is 2. The first-order valence-corrected chi connectivity index (χ1v) is 11.1. The molecule has 3 N–H and O–H groups in total. The number of allylic oxidation sites excluding steroid dienone is 2. The number of carboxylic acids is 1. The Morgan fingerprint density at radius 2 is 1.60 bits per heavy atom.